The normalized spacial score (nSPS) is 17.8. The molecule has 1 heterocycles. The number of hydrogen-bond acceptors (Lipinski definition) is 2. The summed E-state index contributed by atoms with van der Waals surface area (Å²) in [5.74, 6) is 0. The predicted octanol–water partition coefficient (Wildman–Crippen LogP) is 2.69. The lowest BCUT2D eigenvalue weighted by Gasteiger charge is -2.17. The van der Waals surface area contributed by atoms with E-state index in [0.717, 1.165) is 11.1 Å². The van der Waals surface area contributed by atoms with Crippen molar-refractivity contribution in [2.24, 2.45) is 0 Å². The number of benzene rings is 2. The van der Waals surface area contributed by atoms with Gasteiger partial charge in [-0.1, -0.05) is 48.5 Å². The van der Waals surface area contributed by atoms with Crippen molar-refractivity contribution in [3.63, 3.8) is 0 Å². The van der Waals surface area contributed by atoms with Gasteiger partial charge in [0.15, 0.2) is 7.80 Å². The molecular formula is C13H9O2P. The monoisotopic (exact) mass is 228 g/mol. The fourth-order valence-electron chi connectivity index (χ4n) is 2.08. The third-order valence-corrected chi connectivity index (χ3v) is 4.45. The second kappa shape index (κ2) is 3.43. The Hall–Kier alpha value is -1.66. The summed E-state index contributed by atoms with van der Waals surface area (Å²) in [6, 6.07) is 14.8. The highest BCUT2D eigenvalue weighted by Crippen LogP contribution is 2.39. The lowest BCUT2D eigenvalue weighted by atomic mass is 10.00. The fraction of sp³-hybridized carbons (Fsp3) is 0. The molecule has 3 heteroatoms. The summed E-state index contributed by atoms with van der Waals surface area (Å²) in [4.78, 5) is 11.9. The van der Waals surface area contributed by atoms with Crippen molar-refractivity contribution in [3.05, 3.63) is 54.1 Å². The molecule has 78 valence electrons. The maximum Gasteiger partial charge on any atom is 0.223 e. The maximum atomic E-state index is 12.0. The average molecular weight is 228 g/mol. The van der Waals surface area contributed by atoms with Gasteiger partial charge in [-0.25, -0.2) is 0 Å². The molecule has 0 aromatic heterocycles. The van der Waals surface area contributed by atoms with Gasteiger partial charge in [-0.2, -0.15) is 0 Å². The molecule has 0 aliphatic carbocycles. The number of fused-ring (bicyclic) bond motifs is 3. The highest BCUT2D eigenvalue weighted by molar-refractivity contribution is 7.72. The number of rotatable bonds is 0. The van der Waals surface area contributed by atoms with Gasteiger partial charge in [0.1, 0.15) is 0 Å². The van der Waals surface area contributed by atoms with E-state index in [2.05, 4.69) is 0 Å². The Labute approximate surface area is 93.7 Å². The van der Waals surface area contributed by atoms with E-state index in [-0.39, 0.29) is 5.52 Å². The molecule has 16 heavy (non-hydrogen) atoms. The molecule has 1 unspecified atom stereocenters. The minimum atomic E-state index is -2.33. The molecule has 3 rings (SSSR count). The van der Waals surface area contributed by atoms with Crippen LogP contribution in [0.25, 0.3) is 11.1 Å². The van der Waals surface area contributed by atoms with E-state index in [1.54, 1.807) is 18.2 Å². The third kappa shape index (κ3) is 1.20. The molecular weight excluding hydrogens is 219 g/mol. The van der Waals surface area contributed by atoms with E-state index >= 15 is 0 Å². The van der Waals surface area contributed by atoms with E-state index in [9.17, 15) is 9.36 Å². The summed E-state index contributed by atoms with van der Waals surface area (Å²) in [6.45, 7) is 0. The molecule has 1 atom stereocenters. The van der Waals surface area contributed by atoms with Gasteiger partial charge >= 0.3 is 0 Å². The van der Waals surface area contributed by atoms with Crippen LogP contribution in [-0.4, -0.2) is 5.52 Å². The second-order valence-corrected chi connectivity index (χ2v) is 5.40. The zero-order valence-corrected chi connectivity index (χ0v) is 9.44. The Bertz CT molecular complexity index is 561. The smallest absolute Gasteiger partial charge is 0.223 e. The Morgan fingerprint density at radius 1 is 0.750 bits per heavy atom. The molecule has 0 spiro atoms. The Morgan fingerprint density at radius 3 is 2.06 bits per heavy atom. The standard InChI is InChI=1S/C13H9O2P/c14-13-11-7-2-1-5-9(11)10-6-3-4-8-12(10)16(13)15/h1-8,16H. The quantitative estimate of drug-likeness (QED) is 0.649. The minimum absolute atomic E-state index is 0.223. The summed E-state index contributed by atoms with van der Waals surface area (Å²) in [5.41, 5.74) is 2.19. The van der Waals surface area contributed by atoms with Crippen LogP contribution in [0.4, 0.5) is 0 Å². The maximum absolute atomic E-state index is 12.0. The summed E-state index contributed by atoms with van der Waals surface area (Å²) in [7, 11) is -2.33. The number of carbonyl (C=O) groups is 1. The van der Waals surface area contributed by atoms with Crippen molar-refractivity contribution in [1.29, 1.82) is 0 Å². The van der Waals surface area contributed by atoms with Gasteiger partial charge in [0.2, 0.25) is 5.52 Å². The molecule has 1 aliphatic rings. The summed E-state index contributed by atoms with van der Waals surface area (Å²) < 4.78 is 12.0. The molecule has 0 fully saturated rings. The van der Waals surface area contributed by atoms with Crippen molar-refractivity contribution in [2.45, 2.75) is 0 Å². The molecule has 0 N–H and O–H groups in total. The van der Waals surface area contributed by atoms with Crippen LogP contribution in [0.2, 0.25) is 0 Å². The van der Waals surface area contributed by atoms with Crippen LogP contribution in [0.1, 0.15) is 10.4 Å². The molecule has 2 aromatic carbocycles. The van der Waals surface area contributed by atoms with Gasteiger partial charge < -0.3 is 4.57 Å². The Balaban J connectivity index is 2.41. The molecule has 2 aromatic rings. The van der Waals surface area contributed by atoms with Gasteiger partial charge in [0.25, 0.3) is 0 Å². The van der Waals surface area contributed by atoms with E-state index < -0.39 is 7.80 Å². The van der Waals surface area contributed by atoms with Crippen molar-refractivity contribution in [1.82, 2.24) is 0 Å². The Morgan fingerprint density at radius 2 is 1.31 bits per heavy atom. The molecule has 0 saturated carbocycles. The van der Waals surface area contributed by atoms with Crippen molar-refractivity contribution < 1.29 is 9.36 Å². The predicted molar refractivity (Wildman–Crippen MR) is 64.8 cm³/mol. The first-order valence-corrected chi connectivity index (χ1v) is 6.47. The molecule has 0 radical (unpaired) electrons. The van der Waals surface area contributed by atoms with Crippen LogP contribution in [0.5, 0.6) is 0 Å². The van der Waals surface area contributed by atoms with Crippen LogP contribution in [0, 0.1) is 0 Å². The first-order chi connectivity index (χ1) is 7.79. The van der Waals surface area contributed by atoms with E-state index in [0.29, 0.717) is 10.9 Å². The van der Waals surface area contributed by atoms with Crippen LogP contribution >= 0.6 is 7.80 Å². The topological polar surface area (TPSA) is 34.1 Å². The first kappa shape index (κ1) is 9.56. The molecule has 2 nitrogen and oxygen atoms in total. The van der Waals surface area contributed by atoms with E-state index in [4.69, 9.17) is 0 Å². The molecule has 0 saturated heterocycles. The van der Waals surface area contributed by atoms with Gasteiger partial charge in [-0.15, -0.1) is 0 Å². The van der Waals surface area contributed by atoms with E-state index in [1.165, 1.54) is 0 Å². The number of carbonyl (C=O) groups excluding carboxylic acids is 1. The fourth-order valence-corrected chi connectivity index (χ4v) is 3.49. The van der Waals surface area contributed by atoms with Crippen LogP contribution < -0.4 is 5.30 Å². The van der Waals surface area contributed by atoms with Gasteiger partial charge in [0, 0.05) is 10.9 Å². The second-order valence-electron chi connectivity index (χ2n) is 3.75. The lowest BCUT2D eigenvalue weighted by Crippen LogP contribution is -2.14. The summed E-state index contributed by atoms with van der Waals surface area (Å²) in [5, 5.41) is 0.691. The van der Waals surface area contributed by atoms with Crippen LogP contribution in [0.15, 0.2) is 48.5 Å². The highest BCUT2D eigenvalue weighted by atomic mass is 31.1. The first-order valence-electron chi connectivity index (χ1n) is 5.06. The van der Waals surface area contributed by atoms with Gasteiger partial charge in [-0.3, -0.25) is 4.79 Å². The van der Waals surface area contributed by atoms with Gasteiger partial charge in [0.05, 0.1) is 0 Å². The van der Waals surface area contributed by atoms with Crippen LogP contribution in [-0.2, 0) is 4.57 Å². The zero-order valence-electron chi connectivity index (χ0n) is 8.44. The van der Waals surface area contributed by atoms with Crippen molar-refractivity contribution in [2.75, 3.05) is 0 Å². The van der Waals surface area contributed by atoms with E-state index in [1.807, 2.05) is 30.3 Å². The lowest BCUT2D eigenvalue weighted by molar-refractivity contribution is 0.108. The largest absolute Gasteiger partial charge is 0.313 e. The minimum Gasteiger partial charge on any atom is -0.313 e. The van der Waals surface area contributed by atoms with Crippen LogP contribution in [0.3, 0.4) is 0 Å². The third-order valence-electron chi connectivity index (χ3n) is 2.84. The summed E-state index contributed by atoms with van der Waals surface area (Å²) >= 11 is 0. The zero-order chi connectivity index (χ0) is 11.1. The average Bonchev–Trinajstić information content (AvgIpc) is 2.36. The summed E-state index contributed by atoms with van der Waals surface area (Å²) in [6.07, 6.45) is 0. The molecule has 0 amide bonds. The SMILES string of the molecule is O=C1c2ccccc2-c2ccccc2[PH]1=O. The van der Waals surface area contributed by atoms with Crippen molar-refractivity contribution in [3.8, 4) is 11.1 Å². The molecule has 1 aliphatic heterocycles. The number of hydrogen-bond donors (Lipinski definition) is 0. The van der Waals surface area contributed by atoms with Gasteiger partial charge in [-0.05, 0) is 11.1 Å². The molecule has 0 bridgehead atoms. The Kier molecular flexibility index (Phi) is 2.05. The highest BCUT2D eigenvalue weighted by Gasteiger charge is 2.27. The van der Waals surface area contributed by atoms with Crippen molar-refractivity contribution >= 4 is 18.6 Å².